The fourth-order valence-electron chi connectivity index (χ4n) is 1.49. The standard InChI is InChI=1S/C12H24N4O2/c1-9(2)13-8-11-14-15-12(18-11)16(10(3)4)6-7-17-5/h9-10,13H,6-8H2,1-5H3. The van der Waals surface area contributed by atoms with Crippen LogP contribution in [0.4, 0.5) is 6.01 Å². The van der Waals surface area contributed by atoms with Gasteiger partial charge in [-0.3, -0.25) is 0 Å². The van der Waals surface area contributed by atoms with E-state index in [1.54, 1.807) is 7.11 Å². The highest BCUT2D eigenvalue weighted by Gasteiger charge is 2.17. The lowest BCUT2D eigenvalue weighted by Crippen LogP contribution is -2.34. The number of rotatable bonds is 8. The third kappa shape index (κ3) is 4.62. The zero-order valence-corrected chi connectivity index (χ0v) is 11.9. The summed E-state index contributed by atoms with van der Waals surface area (Å²) in [6.07, 6.45) is 0. The van der Waals surface area contributed by atoms with Crippen LogP contribution in [0.1, 0.15) is 33.6 Å². The van der Waals surface area contributed by atoms with Crippen molar-refractivity contribution in [2.24, 2.45) is 0 Å². The summed E-state index contributed by atoms with van der Waals surface area (Å²) in [5.41, 5.74) is 0. The van der Waals surface area contributed by atoms with Gasteiger partial charge in [0.15, 0.2) is 0 Å². The molecule has 1 aromatic rings. The number of methoxy groups -OCH3 is 1. The average Bonchev–Trinajstić information content (AvgIpc) is 2.75. The van der Waals surface area contributed by atoms with E-state index in [1.807, 2.05) is 4.90 Å². The largest absolute Gasteiger partial charge is 0.407 e. The van der Waals surface area contributed by atoms with E-state index < -0.39 is 0 Å². The minimum absolute atomic E-state index is 0.298. The van der Waals surface area contributed by atoms with Crippen LogP contribution in [-0.2, 0) is 11.3 Å². The number of hydrogen-bond acceptors (Lipinski definition) is 6. The van der Waals surface area contributed by atoms with E-state index in [4.69, 9.17) is 9.15 Å². The monoisotopic (exact) mass is 256 g/mol. The molecule has 0 aromatic carbocycles. The van der Waals surface area contributed by atoms with Gasteiger partial charge in [-0.25, -0.2) is 0 Å². The second-order valence-electron chi connectivity index (χ2n) is 4.79. The van der Waals surface area contributed by atoms with E-state index in [2.05, 4.69) is 43.2 Å². The van der Waals surface area contributed by atoms with Crippen molar-refractivity contribution in [3.8, 4) is 0 Å². The minimum atomic E-state index is 0.298. The van der Waals surface area contributed by atoms with Gasteiger partial charge in [-0.15, -0.1) is 5.10 Å². The van der Waals surface area contributed by atoms with E-state index in [0.717, 1.165) is 6.54 Å². The number of ether oxygens (including phenoxy) is 1. The summed E-state index contributed by atoms with van der Waals surface area (Å²) in [6, 6.07) is 1.25. The number of hydrogen-bond donors (Lipinski definition) is 1. The van der Waals surface area contributed by atoms with Gasteiger partial charge in [-0.05, 0) is 13.8 Å². The van der Waals surface area contributed by atoms with Crippen LogP contribution in [0.25, 0.3) is 0 Å². The van der Waals surface area contributed by atoms with Gasteiger partial charge in [-0.1, -0.05) is 18.9 Å². The molecular weight excluding hydrogens is 232 g/mol. The van der Waals surface area contributed by atoms with Crippen molar-refractivity contribution in [2.75, 3.05) is 25.2 Å². The van der Waals surface area contributed by atoms with E-state index in [1.165, 1.54) is 0 Å². The third-order valence-electron chi connectivity index (χ3n) is 2.52. The molecular formula is C12H24N4O2. The van der Waals surface area contributed by atoms with Gasteiger partial charge in [0.05, 0.1) is 13.2 Å². The molecule has 0 radical (unpaired) electrons. The second kappa shape index (κ2) is 7.33. The molecule has 1 aromatic heterocycles. The molecule has 0 bridgehead atoms. The summed E-state index contributed by atoms with van der Waals surface area (Å²) in [7, 11) is 1.68. The van der Waals surface area contributed by atoms with Gasteiger partial charge in [0.2, 0.25) is 5.89 Å². The lowest BCUT2D eigenvalue weighted by Gasteiger charge is -2.23. The summed E-state index contributed by atoms with van der Waals surface area (Å²) in [5.74, 6) is 0.613. The molecule has 1 rings (SSSR count). The fourth-order valence-corrected chi connectivity index (χ4v) is 1.49. The Bertz CT molecular complexity index is 339. The van der Waals surface area contributed by atoms with E-state index >= 15 is 0 Å². The van der Waals surface area contributed by atoms with E-state index in [-0.39, 0.29) is 0 Å². The molecule has 18 heavy (non-hydrogen) atoms. The van der Waals surface area contributed by atoms with Gasteiger partial charge in [0.1, 0.15) is 0 Å². The summed E-state index contributed by atoms with van der Waals surface area (Å²) in [6.45, 7) is 10.3. The molecule has 0 fully saturated rings. The quantitative estimate of drug-likeness (QED) is 0.759. The van der Waals surface area contributed by atoms with Crippen molar-refractivity contribution >= 4 is 6.01 Å². The molecule has 6 heteroatoms. The Morgan fingerprint density at radius 3 is 2.56 bits per heavy atom. The Balaban J connectivity index is 2.62. The topological polar surface area (TPSA) is 63.4 Å². The van der Waals surface area contributed by atoms with Crippen molar-refractivity contribution in [3.63, 3.8) is 0 Å². The van der Waals surface area contributed by atoms with Crippen molar-refractivity contribution < 1.29 is 9.15 Å². The zero-order chi connectivity index (χ0) is 13.5. The van der Waals surface area contributed by atoms with Crippen molar-refractivity contribution in [1.29, 1.82) is 0 Å². The van der Waals surface area contributed by atoms with Crippen LogP contribution in [0, 0.1) is 0 Å². The molecule has 1 N–H and O–H groups in total. The van der Waals surface area contributed by atoms with Crippen molar-refractivity contribution in [2.45, 2.75) is 46.3 Å². The van der Waals surface area contributed by atoms with E-state index in [9.17, 15) is 0 Å². The first-order valence-corrected chi connectivity index (χ1v) is 6.36. The molecule has 0 aliphatic rings. The molecule has 0 spiro atoms. The maximum atomic E-state index is 5.64. The van der Waals surface area contributed by atoms with Crippen LogP contribution in [0.15, 0.2) is 4.42 Å². The van der Waals surface area contributed by atoms with E-state index in [0.29, 0.717) is 37.1 Å². The molecule has 0 saturated heterocycles. The van der Waals surface area contributed by atoms with Gasteiger partial charge in [-0.2, -0.15) is 0 Å². The molecule has 0 amide bonds. The Kier molecular flexibility index (Phi) is 6.07. The lowest BCUT2D eigenvalue weighted by atomic mass is 10.3. The fraction of sp³-hybridized carbons (Fsp3) is 0.833. The highest BCUT2D eigenvalue weighted by Crippen LogP contribution is 2.15. The normalized spacial score (nSPS) is 11.5. The number of nitrogens with zero attached hydrogens (tertiary/aromatic N) is 3. The molecule has 0 saturated carbocycles. The van der Waals surface area contributed by atoms with Crippen LogP contribution < -0.4 is 10.2 Å². The lowest BCUT2D eigenvalue weighted by molar-refractivity contribution is 0.202. The summed E-state index contributed by atoms with van der Waals surface area (Å²) in [5, 5.41) is 11.4. The third-order valence-corrected chi connectivity index (χ3v) is 2.52. The predicted molar refractivity (Wildman–Crippen MR) is 70.6 cm³/mol. The van der Waals surface area contributed by atoms with Crippen LogP contribution in [0.2, 0.25) is 0 Å². The van der Waals surface area contributed by atoms with Gasteiger partial charge in [0.25, 0.3) is 0 Å². The zero-order valence-electron chi connectivity index (χ0n) is 11.9. The molecule has 104 valence electrons. The predicted octanol–water partition coefficient (Wildman–Crippen LogP) is 1.43. The average molecular weight is 256 g/mol. The first-order chi connectivity index (χ1) is 8.54. The second-order valence-corrected chi connectivity index (χ2v) is 4.79. The summed E-state index contributed by atoms with van der Waals surface area (Å²) >= 11 is 0. The van der Waals surface area contributed by atoms with Crippen LogP contribution in [0.5, 0.6) is 0 Å². The molecule has 0 unspecified atom stereocenters. The highest BCUT2D eigenvalue weighted by molar-refractivity contribution is 5.25. The van der Waals surface area contributed by atoms with Gasteiger partial charge < -0.3 is 19.4 Å². The van der Waals surface area contributed by atoms with Crippen LogP contribution in [0.3, 0.4) is 0 Å². The highest BCUT2D eigenvalue weighted by atomic mass is 16.5. The molecule has 1 heterocycles. The molecule has 0 atom stereocenters. The molecule has 0 aliphatic carbocycles. The Hall–Kier alpha value is -1.14. The SMILES string of the molecule is COCCN(c1nnc(CNC(C)C)o1)C(C)C. The number of anilines is 1. The minimum Gasteiger partial charge on any atom is -0.407 e. The smallest absolute Gasteiger partial charge is 0.318 e. The first-order valence-electron chi connectivity index (χ1n) is 6.36. The first kappa shape index (κ1) is 14.9. The van der Waals surface area contributed by atoms with Gasteiger partial charge in [0, 0.05) is 25.7 Å². The maximum Gasteiger partial charge on any atom is 0.318 e. The Morgan fingerprint density at radius 2 is 2.00 bits per heavy atom. The Morgan fingerprint density at radius 1 is 1.28 bits per heavy atom. The summed E-state index contributed by atoms with van der Waals surface area (Å²) in [4.78, 5) is 2.04. The van der Waals surface area contributed by atoms with Gasteiger partial charge >= 0.3 is 6.01 Å². The summed E-state index contributed by atoms with van der Waals surface area (Å²) < 4.78 is 10.7. The Labute approximate surface area is 109 Å². The van der Waals surface area contributed by atoms with Crippen LogP contribution in [-0.4, -0.2) is 42.5 Å². The number of nitrogens with one attached hydrogen (secondary N) is 1. The number of aromatic nitrogens is 2. The van der Waals surface area contributed by atoms with Crippen molar-refractivity contribution in [1.82, 2.24) is 15.5 Å². The van der Waals surface area contributed by atoms with Crippen LogP contribution >= 0.6 is 0 Å². The van der Waals surface area contributed by atoms with Crippen molar-refractivity contribution in [3.05, 3.63) is 5.89 Å². The molecule has 0 aliphatic heterocycles. The molecule has 6 nitrogen and oxygen atoms in total. The maximum absolute atomic E-state index is 5.64.